The molecule has 1 aliphatic rings. The Morgan fingerprint density at radius 1 is 1.40 bits per heavy atom. The molecule has 0 spiro atoms. The maximum atomic E-state index is 13.2. The van der Waals surface area contributed by atoms with Gasteiger partial charge < -0.3 is 19.7 Å². The number of nitrogens with zero attached hydrogens (tertiary/aromatic N) is 1. The molecule has 8 heteroatoms. The molecule has 2 aromatic rings. The molecule has 132 valence electrons. The summed E-state index contributed by atoms with van der Waals surface area (Å²) in [6.45, 7) is 2.66. The average Bonchev–Trinajstić information content (AvgIpc) is 2.94. The van der Waals surface area contributed by atoms with Gasteiger partial charge >= 0.3 is 5.97 Å². The summed E-state index contributed by atoms with van der Waals surface area (Å²) in [5.74, 6) is -2.00. The van der Waals surface area contributed by atoms with Crippen LogP contribution < -0.4 is 5.32 Å². The Kier molecular flexibility index (Phi) is 4.78. The Bertz CT molecular complexity index is 849. The van der Waals surface area contributed by atoms with Crippen molar-refractivity contribution in [3.05, 3.63) is 57.6 Å². The molecule has 25 heavy (non-hydrogen) atoms. The normalized spacial score (nSPS) is 14.7. The molecule has 6 nitrogen and oxygen atoms in total. The molecule has 0 fully saturated rings. The van der Waals surface area contributed by atoms with Gasteiger partial charge in [0, 0.05) is 11.6 Å². The zero-order chi connectivity index (χ0) is 18.1. The fraction of sp³-hybridized carbons (Fsp3) is 0.294. The number of carbonyl (C=O) groups excluding carboxylic acids is 1. The molecule has 0 saturated carbocycles. The molecule has 1 aliphatic heterocycles. The van der Waals surface area contributed by atoms with Crippen molar-refractivity contribution in [3.8, 4) is 0 Å². The van der Waals surface area contributed by atoms with Crippen molar-refractivity contribution in [2.24, 2.45) is 0 Å². The monoisotopic (exact) mass is 366 g/mol. The molecule has 0 radical (unpaired) electrons. The van der Waals surface area contributed by atoms with E-state index in [4.69, 9.17) is 16.3 Å². The van der Waals surface area contributed by atoms with Crippen LogP contribution >= 0.6 is 11.6 Å². The third kappa shape index (κ3) is 3.38. The van der Waals surface area contributed by atoms with E-state index in [0.717, 1.165) is 0 Å². The first-order valence-corrected chi connectivity index (χ1v) is 8.05. The zero-order valence-electron chi connectivity index (χ0n) is 13.4. The number of carboxylic acid groups (broad SMARTS) is 1. The molecule has 2 heterocycles. The second-order valence-electron chi connectivity index (χ2n) is 5.76. The minimum atomic E-state index is -1.10. The van der Waals surface area contributed by atoms with Crippen molar-refractivity contribution in [2.45, 2.75) is 26.1 Å². The van der Waals surface area contributed by atoms with Crippen molar-refractivity contribution in [1.82, 2.24) is 9.88 Å². The standard InChI is InChI=1S/C17H16ClFN2O4/c1-9(11-3-2-10(19)6-13(11)18)20-16(22)12-7-14(17(23)24)21-4-5-25-8-15(12)21/h2-3,6-7,9H,4-5,8H2,1H3,(H,20,22)(H,23,24)/t9-/m1/s1. The van der Waals surface area contributed by atoms with Gasteiger partial charge in [0.15, 0.2) is 0 Å². The molecule has 3 rings (SSSR count). The van der Waals surface area contributed by atoms with E-state index in [1.54, 1.807) is 11.5 Å². The van der Waals surface area contributed by atoms with Crippen LogP contribution in [0, 0.1) is 5.82 Å². The number of carbonyl (C=O) groups is 2. The van der Waals surface area contributed by atoms with Crippen LogP contribution in [0.2, 0.25) is 5.02 Å². The molecule has 1 aromatic heterocycles. The highest BCUT2D eigenvalue weighted by atomic mass is 35.5. The lowest BCUT2D eigenvalue weighted by Gasteiger charge is -2.19. The molecule has 2 N–H and O–H groups in total. The minimum absolute atomic E-state index is 0.0518. The fourth-order valence-corrected chi connectivity index (χ4v) is 3.23. The predicted octanol–water partition coefficient (Wildman–Crippen LogP) is 3.00. The highest BCUT2D eigenvalue weighted by Gasteiger charge is 2.26. The number of benzene rings is 1. The Hall–Kier alpha value is -2.38. The first kappa shape index (κ1) is 17.4. The molecular weight excluding hydrogens is 351 g/mol. The molecule has 0 aliphatic carbocycles. The van der Waals surface area contributed by atoms with Crippen molar-refractivity contribution >= 4 is 23.5 Å². The number of nitrogens with one attached hydrogen (secondary N) is 1. The Morgan fingerprint density at radius 2 is 2.16 bits per heavy atom. The molecular formula is C17H16ClFN2O4. The van der Waals surface area contributed by atoms with Crippen molar-refractivity contribution < 1.29 is 23.8 Å². The summed E-state index contributed by atoms with van der Waals surface area (Å²) in [6.07, 6.45) is 0. The van der Waals surface area contributed by atoms with Gasteiger partial charge in [0.05, 0.1) is 30.5 Å². The maximum Gasteiger partial charge on any atom is 0.352 e. The number of rotatable bonds is 4. The third-order valence-electron chi connectivity index (χ3n) is 4.15. The summed E-state index contributed by atoms with van der Waals surface area (Å²) in [6, 6.07) is 4.81. The number of hydrogen-bond acceptors (Lipinski definition) is 3. The summed E-state index contributed by atoms with van der Waals surface area (Å²) in [4.78, 5) is 24.0. The molecule has 0 saturated heterocycles. The fourth-order valence-electron chi connectivity index (χ4n) is 2.90. The lowest BCUT2D eigenvalue weighted by molar-refractivity contribution is 0.0642. The van der Waals surface area contributed by atoms with E-state index in [0.29, 0.717) is 24.4 Å². The van der Waals surface area contributed by atoms with Gasteiger partial charge in [0.2, 0.25) is 0 Å². The third-order valence-corrected chi connectivity index (χ3v) is 4.47. The van der Waals surface area contributed by atoms with Gasteiger partial charge in [0.25, 0.3) is 5.91 Å². The number of fused-ring (bicyclic) bond motifs is 1. The number of aromatic nitrogens is 1. The smallest absolute Gasteiger partial charge is 0.352 e. The maximum absolute atomic E-state index is 13.2. The molecule has 0 unspecified atom stereocenters. The molecule has 0 bridgehead atoms. The van der Waals surface area contributed by atoms with E-state index >= 15 is 0 Å². The summed E-state index contributed by atoms with van der Waals surface area (Å²) in [5.41, 5.74) is 1.40. The lowest BCUT2D eigenvalue weighted by atomic mass is 10.1. The van der Waals surface area contributed by atoms with E-state index in [9.17, 15) is 19.1 Å². The van der Waals surface area contributed by atoms with Gasteiger partial charge in [-0.15, -0.1) is 0 Å². The van der Waals surface area contributed by atoms with Crippen LogP contribution in [-0.4, -0.2) is 28.2 Å². The summed E-state index contributed by atoms with van der Waals surface area (Å²) in [7, 11) is 0. The number of ether oxygens (including phenoxy) is 1. The predicted molar refractivity (Wildman–Crippen MR) is 88.3 cm³/mol. The molecule has 1 aromatic carbocycles. The van der Waals surface area contributed by atoms with Crippen molar-refractivity contribution in [1.29, 1.82) is 0 Å². The second kappa shape index (κ2) is 6.85. The van der Waals surface area contributed by atoms with Crippen LogP contribution in [0.15, 0.2) is 24.3 Å². The van der Waals surface area contributed by atoms with Crippen LogP contribution in [0.3, 0.4) is 0 Å². The van der Waals surface area contributed by atoms with Crippen LogP contribution in [0.5, 0.6) is 0 Å². The highest BCUT2D eigenvalue weighted by molar-refractivity contribution is 6.31. The Labute approximate surface area is 148 Å². The molecule has 1 amide bonds. The number of aromatic carboxylic acids is 1. The Morgan fingerprint density at radius 3 is 2.84 bits per heavy atom. The van der Waals surface area contributed by atoms with Gasteiger partial charge in [-0.3, -0.25) is 4.79 Å². The quantitative estimate of drug-likeness (QED) is 0.871. The average molecular weight is 367 g/mol. The summed E-state index contributed by atoms with van der Waals surface area (Å²) in [5, 5.41) is 12.3. The van der Waals surface area contributed by atoms with Crippen LogP contribution in [0.25, 0.3) is 0 Å². The van der Waals surface area contributed by atoms with Crippen LogP contribution in [-0.2, 0) is 17.9 Å². The zero-order valence-corrected chi connectivity index (χ0v) is 14.1. The second-order valence-corrected chi connectivity index (χ2v) is 6.17. The van der Waals surface area contributed by atoms with Gasteiger partial charge in [-0.25, -0.2) is 9.18 Å². The minimum Gasteiger partial charge on any atom is -0.477 e. The topological polar surface area (TPSA) is 80.6 Å². The SMILES string of the molecule is C[C@@H](NC(=O)c1cc(C(=O)O)n2c1COCC2)c1ccc(F)cc1Cl. The number of carboxylic acids is 1. The van der Waals surface area contributed by atoms with Gasteiger partial charge in [-0.05, 0) is 30.7 Å². The van der Waals surface area contributed by atoms with E-state index in [-0.39, 0.29) is 22.9 Å². The van der Waals surface area contributed by atoms with E-state index in [2.05, 4.69) is 5.32 Å². The Balaban J connectivity index is 1.87. The lowest BCUT2D eigenvalue weighted by Crippen LogP contribution is -2.28. The number of amides is 1. The van der Waals surface area contributed by atoms with Gasteiger partial charge in [-0.1, -0.05) is 17.7 Å². The van der Waals surface area contributed by atoms with Crippen LogP contribution in [0.4, 0.5) is 4.39 Å². The van der Waals surface area contributed by atoms with E-state index in [1.165, 1.54) is 24.3 Å². The molecule has 1 atom stereocenters. The van der Waals surface area contributed by atoms with E-state index < -0.39 is 23.7 Å². The van der Waals surface area contributed by atoms with Gasteiger partial charge in [0.1, 0.15) is 11.5 Å². The van der Waals surface area contributed by atoms with Crippen LogP contribution in [0.1, 0.15) is 45.1 Å². The van der Waals surface area contributed by atoms with Crippen molar-refractivity contribution in [2.75, 3.05) is 6.61 Å². The first-order valence-electron chi connectivity index (χ1n) is 7.67. The van der Waals surface area contributed by atoms with E-state index in [1.807, 2.05) is 0 Å². The van der Waals surface area contributed by atoms with Gasteiger partial charge in [-0.2, -0.15) is 0 Å². The highest BCUT2D eigenvalue weighted by Crippen LogP contribution is 2.25. The first-order chi connectivity index (χ1) is 11.9. The largest absolute Gasteiger partial charge is 0.477 e. The van der Waals surface area contributed by atoms with Crippen molar-refractivity contribution in [3.63, 3.8) is 0 Å². The number of hydrogen-bond donors (Lipinski definition) is 2. The summed E-state index contributed by atoms with van der Waals surface area (Å²) >= 11 is 6.02. The summed E-state index contributed by atoms with van der Waals surface area (Å²) < 4.78 is 20.1. The number of halogens is 2.